The van der Waals surface area contributed by atoms with Crippen molar-refractivity contribution in [3.8, 4) is 0 Å². The number of ether oxygens (including phenoxy) is 1. The zero-order valence-electron chi connectivity index (χ0n) is 7.30. The average molecular weight is 175 g/mol. The van der Waals surface area contributed by atoms with Gasteiger partial charge in [-0.25, -0.2) is 0 Å². The van der Waals surface area contributed by atoms with Crippen LogP contribution in [0.25, 0.3) is 0 Å². The second kappa shape index (κ2) is 5.01. The molecule has 0 saturated carbocycles. The Morgan fingerprint density at radius 3 is 3.09 bits per heavy atom. The number of hydrogen-bond donors (Lipinski definition) is 1. The van der Waals surface area contributed by atoms with Gasteiger partial charge in [-0.2, -0.15) is 11.8 Å². The molecule has 66 valence electrons. The van der Waals surface area contributed by atoms with E-state index >= 15 is 0 Å². The molecule has 1 N–H and O–H groups in total. The fraction of sp³-hybridized carbons (Fsp3) is 1.00. The van der Waals surface area contributed by atoms with Gasteiger partial charge in [0.2, 0.25) is 0 Å². The SMILES string of the molecule is COC[C@H](C)N[C@H]1CCSC1. The quantitative estimate of drug-likeness (QED) is 0.692. The summed E-state index contributed by atoms with van der Waals surface area (Å²) in [6.07, 6.45) is 1.32. The van der Waals surface area contributed by atoms with E-state index in [1.165, 1.54) is 17.9 Å². The van der Waals surface area contributed by atoms with Crippen molar-refractivity contribution in [3.05, 3.63) is 0 Å². The van der Waals surface area contributed by atoms with E-state index in [2.05, 4.69) is 12.2 Å². The van der Waals surface area contributed by atoms with Crippen LogP contribution in [0.4, 0.5) is 0 Å². The van der Waals surface area contributed by atoms with Gasteiger partial charge in [0.05, 0.1) is 6.61 Å². The molecule has 0 aromatic carbocycles. The first-order chi connectivity index (χ1) is 5.33. The molecule has 2 nitrogen and oxygen atoms in total. The fourth-order valence-corrected chi connectivity index (χ4v) is 2.53. The van der Waals surface area contributed by atoms with E-state index in [4.69, 9.17) is 4.74 Å². The van der Waals surface area contributed by atoms with Crippen molar-refractivity contribution < 1.29 is 4.74 Å². The van der Waals surface area contributed by atoms with Gasteiger partial charge in [-0.15, -0.1) is 0 Å². The summed E-state index contributed by atoms with van der Waals surface area (Å²) in [5, 5.41) is 3.53. The Morgan fingerprint density at radius 2 is 2.55 bits per heavy atom. The van der Waals surface area contributed by atoms with Gasteiger partial charge in [-0.3, -0.25) is 0 Å². The third kappa shape index (κ3) is 3.45. The minimum absolute atomic E-state index is 0.503. The molecule has 11 heavy (non-hydrogen) atoms. The molecule has 1 saturated heterocycles. The van der Waals surface area contributed by atoms with Gasteiger partial charge in [-0.1, -0.05) is 0 Å². The van der Waals surface area contributed by atoms with Gasteiger partial charge in [0, 0.05) is 24.9 Å². The number of nitrogens with one attached hydrogen (secondary N) is 1. The Bertz CT molecular complexity index is 104. The Hall–Kier alpha value is 0.270. The van der Waals surface area contributed by atoms with E-state index < -0.39 is 0 Å². The molecule has 0 aromatic rings. The van der Waals surface area contributed by atoms with E-state index in [9.17, 15) is 0 Å². The minimum atomic E-state index is 0.503. The van der Waals surface area contributed by atoms with E-state index in [0.29, 0.717) is 6.04 Å². The molecule has 2 atom stereocenters. The smallest absolute Gasteiger partial charge is 0.0613 e. The van der Waals surface area contributed by atoms with E-state index in [1.807, 2.05) is 11.8 Å². The third-order valence-corrected chi connectivity index (χ3v) is 3.03. The van der Waals surface area contributed by atoms with E-state index in [1.54, 1.807) is 7.11 Å². The average Bonchev–Trinajstić information content (AvgIpc) is 2.40. The molecule has 0 amide bonds. The van der Waals surface area contributed by atoms with Crippen LogP contribution in [0, 0.1) is 0 Å². The summed E-state index contributed by atoms with van der Waals surface area (Å²) in [7, 11) is 1.75. The van der Waals surface area contributed by atoms with Gasteiger partial charge in [0.1, 0.15) is 0 Å². The Morgan fingerprint density at radius 1 is 1.73 bits per heavy atom. The second-order valence-corrected chi connectivity index (χ2v) is 4.23. The molecular formula is C8H17NOS. The predicted molar refractivity (Wildman–Crippen MR) is 50.2 cm³/mol. The van der Waals surface area contributed by atoms with Gasteiger partial charge in [0.15, 0.2) is 0 Å². The van der Waals surface area contributed by atoms with Crippen molar-refractivity contribution in [1.82, 2.24) is 5.32 Å². The molecule has 1 heterocycles. The van der Waals surface area contributed by atoms with Crippen molar-refractivity contribution in [1.29, 1.82) is 0 Å². The second-order valence-electron chi connectivity index (χ2n) is 3.08. The van der Waals surface area contributed by atoms with Gasteiger partial charge in [0.25, 0.3) is 0 Å². The monoisotopic (exact) mass is 175 g/mol. The van der Waals surface area contributed by atoms with Crippen LogP contribution in [0.3, 0.4) is 0 Å². The third-order valence-electron chi connectivity index (χ3n) is 1.87. The lowest BCUT2D eigenvalue weighted by Gasteiger charge is -2.17. The van der Waals surface area contributed by atoms with Crippen LogP contribution < -0.4 is 5.32 Å². The number of hydrogen-bond acceptors (Lipinski definition) is 3. The van der Waals surface area contributed by atoms with E-state index in [-0.39, 0.29) is 0 Å². The Kier molecular flexibility index (Phi) is 4.26. The van der Waals surface area contributed by atoms with Crippen LogP contribution >= 0.6 is 11.8 Å². The maximum atomic E-state index is 5.04. The molecule has 0 radical (unpaired) electrons. The highest BCUT2D eigenvalue weighted by Gasteiger charge is 2.16. The molecule has 0 spiro atoms. The first-order valence-corrected chi connectivity index (χ1v) is 5.31. The van der Waals surface area contributed by atoms with Crippen molar-refractivity contribution in [2.75, 3.05) is 25.2 Å². The van der Waals surface area contributed by atoms with E-state index in [0.717, 1.165) is 12.6 Å². The molecule has 0 bridgehead atoms. The molecule has 0 unspecified atom stereocenters. The Balaban J connectivity index is 2.08. The lowest BCUT2D eigenvalue weighted by molar-refractivity contribution is 0.168. The molecule has 0 aromatic heterocycles. The van der Waals surface area contributed by atoms with Crippen molar-refractivity contribution in [2.24, 2.45) is 0 Å². The number of rotatable bonds is 4. The number of methoxy groups -OCH3 is 1. The molecule has 1 rings (SSSR count). The highest BCUT2D eigenvalue weighted by Crippen LogP contribution is 2.17. The largest absolute Gasteiger partial charge is 0.383 e. The molecule has 1 aliphatic heterocycles. The van der Waals surface area contributed by atoms with Crippen LogP contribution in [-0.2, 0) is 4.74 Å². The number of thioether (sulfide) groups is 1. The predicted octanol–water partition coefficient (Wildman–Crippen LogP) is 1.12. The zero-order valence-corrected chi connectivity index (χ0v) is 8.12. The normalized spacial score (nSPS) is 27.3. The molecular weight excluding hydrogens is 158 g/mol. The first-order valence-electron chi connectivity index (χ1n) is 4.15. The summed E-state index contributed by atoms with van der Waals surface area (Å²) < 4.78 is 5.04. The minimum Gasteiger partial charge on any atom is -0.383 e. The zero-order chi connectivity index (χ0) is 8.10. The molecule has 0 aliphatic carbocycles. The maximum Gasteiger partial charge on any atom is 0.0613 e. The molecule has 3 heteroatoms. The summed E-state index contributed by atoms with van der Waals surface area (Å²) in [5.41, 5.74) is 0. The maximum absolute atomic E-state index is 5.04. The van der Waals surface area contributed by atoms with Crippen LogP contribution in [0.1, 0.15) is 13.3 Å². The first kappa shape index (κ1) is 9.36. The Labute approximate surface area is 73.1 Å². The highest BCUT2D eigenvalue weighted by atomic mass is 32.2. The summed E-state index contributed by atoms with van der Waals surface area (Å²) in [5.74, 6) is 2.59. The highest BCUT2D eigenvalue weighted by molar-refractivity contribution is 7.99. The van der Waals surface area contributed by atoms with Crippen LogP contribution in [0.15, 0.2) is 0 Å². The standard InChI is InChI=1S/C8H17NOS/c1-7(5-10-2)9-8-3-4-11-6-8/h7-9H,3-6H2,1-2H3/t7-,8-/m0/s1. The summed E-state index contributed by atoms with van der Waals surface area (Å²) in [6, 6.07) is 1.23. The van der Waals surface area contributed by atoms with Crippen molar-refractivity contribution in [2.45, 2.75) is 25.4 Å². The summed E-state index contributed by atoms with van der Waals surface area (Å²) >= 11 is 2.04. The fourth-order valence-electron chi connectivity index (χ4n) is 1.37. The van der Waals surface area contributed by atoms with Crippen molar-refractivity contribution >= 4 is 11.8 Å². The van der Waals surface area contributed by atoms with Crippen LogP contribution in [-0.4, -0.2) is 37.3 Å². The van der Waals surface area contributed by atoms with Crippen LogP contribution in [0.2, 0.25) is 0 Å². The van der Waals surface area contributed by atoms with Gasteiger partial charge < -0.3 is 10.1 Å². The van der Waals surface area contributed by atoms with Crippen LogP contribution in [0.5, 0.6) is 0 Å². The topological polar surface area (TPSA) is 21.3 Å². The molecule has 1 fully saturated rings. The lowest BCUT2D eigenvalue weighted by atomic mass is 10.2. The summed E-state index contributed by atoms with van der Waals surface area (Å²) in [4.78, 5) is 0. The summed E-state index contributed by atoms with van der Waals surface area (Å²) in [6.45, 7) is 2.99. The van der Waals surface area contributed by atoms with Crippen molar-refractivity contribution in [3.63, 3.8) is 0 Å². The molecule has 1 aliphatic rings. The lowest BCUT2D eigenvalue weighted by Crippen LogP contribution is -2.38. The van der Waals surface area contributed by atoms with Gasteiger partial charge in [-0.05, 0) is 19.1 Å². The van der Waals surface area contributed by atoms with Gasteiger partial charge >= 0.3 is 0 Å².